The van der Waals surface area contributed by atoms with Crippen molar-refractivity contribution in [1.82, 2.24) is 0 Å². The van der Waals surface area contributed by atoms with E-state index in [1.807, 2.05) is 6.92 Å². The Balaban J connectivity index is 1.68. The fourth-order valence-electron chi connectivity index (χ4n) is 2.60. The van der Waals surface area contributed by atoms with Gasteiger partial charge >= 0.3 is 5.97 Å². The molecular formula is C16H24NO4+. The van der Waals surface area contributed by atoms with Crippen LogP contribution >= 0.6 is 0 Å². The zero-order valence-corrected chi connectivity index (χ0v) is 12.8. The largest absolute Gasteiger partial charge is 0.497 e. The molecule has 1 aromatic carbocycles. The Morgan fingerprint density at radius 3 is 2.43 bits per heavy atom. The maximum absolute atomic E-state index is 11.7. The van der Waals surface area contributed by atoms with Gasteiger partial charge in [-0.1, -0.05) is 0 Å². The number of nitrogens with one attached hydrogen (secondary N) is 1. The van der Waals surface area contributed by atoms with E-state index in [0.29, 0.717) is 5.75 Å². The highest BCUT2D eigenvalue weighted by Crippen LogP contribution is 2.16. The van der Waals surface area contributed by atoms with Crippen LogP contribution in [0.2, 0.25) is 0 Å². The zero-order chi connectivity index (χ0) is 15.1. The number of carbonyl (C=O) groups is 1. The normalized spacial score (nSPS) is 16.5. The Morgan fingerprint density at radius 2 is 1.81 bits per heavy atom. The van der Waals surface area contributed by atoms with Gasteiger partial charge in [-0.25, -0.2) is 4.79 Å². The summed E-state index contributed by atoms with van der Waals surface area (Å²) in [6.07, 6.45) is 2.48. The summed E-state index contributed by atoms with van der Waals surface area (Å²) in [6, 6.07) is 7.12. The van der Waals surface area contributed by atoms with Crippen LogP contribution in [0.5, 0.6) is 11.5 Å². The number of benzene rings is 1. The molecule has 0 aliphatic carbocycles. The number of rotatable bonds is 7. The average molecular weight is 294 g/mol. The standard InChI is InChI=1S/C16H23NO4/c1-13(11-17-9-3-4-10-17)21-16(18)12-20-15-7-5-14(19-2)6-8-15/h5-8,13H,3-4,9-12H2,1-2H3/p+1/t13-/m1/s1. The van der Waals surface area contributed by atoms with Gasteiger partial charge in [0.15, 0.2) is 6.61 Å². The predicted molar refractivity (Wildman–Crippen MR) is 78.8 cm³/mol. The Labute approximate surface area is 125 Å². The topological polar surface area (TPSA) is 49.2 Å². The van der Waals surface area contributed by atoms with Crippen LogP contribution < -0.4 is 14.4 Å². The number of quaternary nitrogens is 1. The maximum atomic E-state index is 11.7. The van der Waals surface area contributed by atoms with Crippen molar-refractivity contribution in [1.29, 1.82) is 0 Å². The molecule has 1 aromatic rings. The van der Waals surface area contributed by atoms with E-state index in [2.05, 4.69) is 0 Å². The molecule has 1 atom stereocenters. The van der Waals surface area contributed by atoms with Crippen molar-refractivity contribution in [2.45, 2.75) is 25.9 Å². The third-order valence-electron chi connectivity index (χ3n) is 3.64. The van der Waals surface area contributed by atoms with E-state index in [-0.39, 0.29) is 18.7 Å². The lowest BCUT2D eigenvalue weighted by Gasteiger charge is -2.18. The van der Waals surface area contributed by atoms with Gasteiger partial charge in [0.2, 0.25) is 0 Å². The summed E-state index contributed by atoms with van der Waals surface area (Å²) in [6.45, 7) is 5.13. The highest BCUT2D eigenvalue weighted by Gasteiger charge is 2.20. The lowest BCUT2D eigenvalue weighted by Crippen LogP contribution is -3.11. The molecule has 1 aliphatic heterocycles. The van der Waals surface area contributed by atoms with Crippen LogP contribution in [-0.2, 0) is 9.53 Å². The van der Waals surface area contributed by atoms with Gasteiger partial charge in [-0.05, 0) is 31.2 Å². The van der Waals surface area contributed by atoms with Gasteiger partial charge in [-0.3, -0.25) is 0 Å². The Kier molecular flexibility index (Phi) is 5.87. The lowest BCUT2D eigenvalue weighted by atomic mass is 10.3. The minimum atomic E-state index is -0.322. The molecule has 0 unspecified atom stereocenters. The molecule has 1 fully saturated rings. The summed E-state index contributed by atoms with van der Waals surface area (Å²) in [5.41, 5.74) is 0. The molecule has 0 radical (unpaired) electrons. The number of ether oxygens (including phenoxy) is 3. The van der Waals surface area contributed by atoms with Crippen molar-refractivity contribution in [3.63, 3.8) is 0 Å². The van der Waals surface area contributed by atoms with E-state index in [4.69, 9.17) is 14.2 Å². The summed E-state index contributed by atoms with van der Waals surface area (Å²) in [4.78, 5) is 13.3. The van der Waals surface area contributed by atoms with Crippen LogP contribution in [-0.4, -0.2) is 45.4 Å². The minimum absolute atomic E-state index is 0.0635. The van der Waals surface area contributed by atoms with Gasteiger partial charge in [0.25, 0.3) is 0 Å². The van der Waals surface area contributed by atoms with Gasteiger partial charge in [0, 0.05) is 12.8 Å². The highest BCUT2D eigenvalue weighted by atomic mass is 16.6. The van der Waals surface area contributed by atoms with Gasteiger partial charge in [-0.2, -0.15) is 0 Å². The molecule has 1 N–H and O–H groups in total. The Hall–Kier alpha value is -1.75. The fraction of sp³-hybridized carbons (Fsp3) is 0.562. The predicted octanol–water partition coefficient (Wildman–Crippen LogP) is 0.684. The summed E-state index contributed by atoms with van der Waals surface area (Å²) in [5.74, 6) is 1.06. The van der Waals surface area contributed by atoms with Crippen molar-refractivity contribution in [3.8, 4) is 11.5 Å². The fourth-order valence-corrected chi connectivity index (χ4v) is 2.60. The smallest absolute Gasteiger partial charge is 0.344 e. The third kappa shape index (κ3) is 5.27. The van der Waals surface area contributed by atoms with E-state index in [9.17, 15) is 4.79 Å². The van der Waals surface area contributed by atoms with E-state index in [1.165, 1.54) is 30.8 Å². The van der Waals surface area contributed by atoms with Crippen molar-refractivity contribution < 1.29 is 23.9 Å². The number of likely N-dealkylation sites (tertiary alicyclic amines) is 1. The summed E-state index contributed by atoms with van der Waals surface area (Å²) >= 11 is 0. The molecule has 21 heavy (non-hydrogen) atoms. The van der Waals surface area contributed by atoms with Crippen LogP contribution in [0.1, 0.15) is 19.8 Å². The summed E-state index contributed by atoms with van der Waals surface area (Å²) in [5, 5.41) is 0. The molecule has 1 saturated heterocycles. The molecular weight excluding hydrogens is 270 g/mol. The lowest BCUT2D eigenvalue weighted by molar-refractivity contribution is -0.890. The van der Waals surface area contributed by atoms with Crippen LogP contribution in [0.3, 0.4) is 0 Å². The molecule has 1 heterocycles. The van der Waals surface area contributed by atoms with Crippen molar-refractivity contribution in [2.75, 3.05) is 33.4 Å². The van der Waals surface area contributed by atoms with Crippen LogP contribution in [0, 0.1) is 0 Å². The molecule has 116 valence electrons. The first-order chi connectivity index (χ1) is 10.2. The van der Waals surface area contributed by atoms with E-state index in [1.54, 1.807) is 31.4 Å². The molecule has 2 rings (SSSR count). The van der Waals surface area contributed by atoms with Crippen molar-refractivity contribution >= 4 is 5.97 Å². The zero-order valence-electron chi connectivity index (χ0n) is 12.8. The second-order valence-corrected chi connectivity index (χ2v) is 5.43. The summed E-state index contributed by atoms with van der Waals surface area (Å²) in [7, 11) is 1.61. The van der Waals surface area contributed by atoms with E-state index >= 15 is 0 Å². The monoisotopic (exact) mass is 294 g/mol. The summed E-state index contributed by atoms with van der Waals surface area (Å²) < 4.78 is 15.8. The van der Waals surface area contributed by atoms with Gasteiger partial charge < -0.3 is 19.1 Å². The van der Waals surface area contributed by atoms with Crippen LogP contribution in [0.4, 0.5) is 0 Å². The third-order valence-corrected chi connectivity index (χ3v) is 3.64. The van der Waals surface area contributed by atoms with Gasteiger partial charge in [0.1, 0.15) is 24.1 Å². The maximum Gasteiger partial charge on any atom is 0.344 e. The SMILES string of the molecule is COc1ccc(OCC(=O)O[C@H](C)C[NH+]2CCCC2)cc1. The number of methoxy groups -OCH3 is 1. The second kappa shape index (κ2) is 7.88. The molecule has 0 bridgehead atoms. The average Bonchev–Trinajstić information content (AvgIpc) is 2.98. The molecule has 0 saturated carbocycles. The van der Waals surface area contributed by atoms with Crippen molar-refractivity contribution in [2.24, 2.45) is 0 Å². The van der Waals surface area contributed by atoms with E-state index < -0.39 is 0 Å². The first-order valence-corrected chi connectivity index (χ1v) is 7.47. The molecule has 0 amide bonds. The minimum Gasteiger partial charge on any atom is -0.497 e. The molecule has 0 aromatic heterocycles. The van der Waals surface area contributed by atoms with Crippen LogP contribution in [0.25, 0.3) is 0 Å². The van der Waals surface area contributed by atoms with E-state index in [0.717, 1.165) is 12.3 Å². The number of hydrogen-bond acceptors (Lipinski definition) is 4. The molecule has 5 heteroatoms. The number of carbonyl (C=O) groups excluding carboxylic acids is 1. The molecule has 0 spiro atoms. The van der Waals surface area contributed by atoms with Gasteiger partial charge in [-0.15, -0.1) is 0 Å². The Bertz CT molecular complexity index is 440. The first kappa shape index (κ1) is 15.6. The number of hydrogen-bond donors (Lipinski definition) is 1. The first-order valence-electron chi connectivity index (χ1n) is 7.47. The second-order valence-electron chi connectivity index (χ2n) is 5.43. The Morgan fingerprint density at radius 1 is 1.19 bits per heavy atom. The van der Waals surface area contributed by atoms with Crippen LogP contribution in [0.15, 0.2) is 24.3 Å². The molecule has 1 aliphatic rings. The van der Waals surface area contributed by atoms with Crippen molar-refractivity contribution in [3.05, 3.63) is 24.3 Å². The molecule has 5 nitrogen and oxygen atoms in total. The highest BCUT2D eigenvalue weighted by molar-refractivity contribution is 5.71. The quantitative estimate of drug-likeness (QED) is 0.752. The number of esters is 1. The van der Waals surface area contributed by atoms with Gasteiger partial charge in [0.05, 0.1) is 20.2 Å².